The number of fused-ring (bicyclic) bond motifs is 1. The molecular weight excluding hydrogens is 276 g/mol. The van der Waals surface area contributed by atoms with Crippen LogP contribution in [-0.2, 0) is 5.41 Å². The van der Waals surface area contributed by atoms with Crippen LogP contribution in [-0.4, -0.2) is 21.1 Å². The fourth-order valence-corrected chi connectivity index (χ4v) is 2.46. The predicted molar refractivity (Wildman–Crippen MR) is 87.0 cm³/mol. The number of carbonyl (C=O) groups excluding carboxylic acids is 1. The lowest BCUT2D eigenvalue weighted by molar-refractivity contribution is 0.102. The highest BCUT2D eigenvalue weighted by molar-refractivity contribution is 6.11. The van der Waals surface area contributed by atoms with Crippen molar-refractivity contribution < 1.29 is 4.79 Å². The van der Waals surface area contributed by atoms with Crippen molar-refractivity contribution in [1.82, 2.24) is 15.2 Å². The highest BCUT2D eigenvalue weighted by Crippen LogP contribution is 2.29. The number of rotatable bonds is 2. The molecule has 0 fully saturated rings. The van der Waals surface area contributed by atoms with Crippen LogP contribution >= 0.6 is 0 Å². The molecule has 3 aromatic rings. The van der Waals surface area contributed by atoms with Crippen molar-refractivity contribution in [3.8, 4) is 0 Å². The zero-order valence-electron chi connectivity index (χ0n) is 12.8. The molecule has 1 aromatic carbocycles. The number of hydrogen-bond acceptors (Lipinski definition) is 3. The van der Waals surface area contributed by atoms with E-state index in [2.05, 4.69) is 41.3 Å². The summed E-state index contributed by atoms with van der Waals surface area (Å²) in [5.74, 6) is -0.240. The summed E-state index contributed by atoms with van der Waals surface area (Å²) in [5, 5.41) is 10.6. The molecule has 3 rings (SSSR count). The topological polar surface area (TPSA) is 70.7 Å². The van der Waals surface area contributed by atoms with E-state index in [0.717, 1.165) is 16.8 Å². The largest absolute Gasteiger partial charge is 0.320 e. The first-order valence-corrected chi connectivity index (χ1v) is 7.16. The number of anilines is 1. The van der Waals surface area contributed by atoms with Gasteiger partial charge in [0.15, 0.2) is 5.69 Å². The van der Waals surface area contributed by atoms with Crippen molar-refractivity contribution >= 4 is 22.5 Å². The zero-order valence-corrected chi connectivity index (χ0v) is 12.8. The number of pyridine rings is 1. The first-order valence-electron chi connectivity index (χ1n) is 7.16. The standard InChI is InChI=1S/C17H18N4O/c1-17(2,3)12-6-4-5-7-14(12)19-16(22)15-11-10-18-9-8-13(11)20-21-15/h4-10H,1-3H3,(H,19,22)(H,20,21). The summed E-state index contributed by atoms with van der Waals surface area (Å²) in [7, 11) is 0. The van der Waals surface area contributed by atoms with Crippen molar-refractivity contribution in [2.24, 2.45) is 0 Å². The molecule has 0 aliphatic heterocycles. The van der Waals surface area contributed by atoms with E-state index in [4.69, 9.17) is 0 Å². The lowest BCUT2D eigenvalue weighted by Crippen LogP contribution is -2.19. The Labute approximate surface area is 128 Å². The van der Waals surface area contributed by atoms with Gasteiger partial charge in [-0.25, -0.2) is 0 Å². The second-order valence-electron chi connectivity index (χ2n) is 6.24. The summed E-state index contributed by atoms with van der Waals surface area (Å²) >= 11 is 0. The molecule has 2 N–H and O–H groups in total. The molecule has 0 saturated heterocycles. The van der Waals surface area contributed by atoms with Gasteiger partial charge in [-0.15, -0.1) is 0 Å². The first kappa shape index (κ1) is 14.3. The van der Waals surface area contributed by atoms with Crippen LogP contribution in [0.25, 0.3) is 10.9 Å². The number of nitrogens with one attached hydrogen (secondary N) is 2. The van der Waals surface area contributed by atoms with E-state index in [1.54, 1.807) is 18.5 Å². The number of carbonyl (C=O) groups is 1. The Hall–Kier alpha value is -2.69. The molecule has 0 aliphatic carbocycles. The molecule has 0 aliphatic rings. The van der Waals surface area contributed by atoms with Crippen molar-refractivity contribution in [2.45, 2.75) is 26.2 Å². The number of H-pyrrole nitrogens is 1. The van der Waals surface area contributed by atoms with Crippen LogP contribution in [0.1, 0.15) is 36.8 Å². The minimum atomic E-state index is -0.240. The minimum absolute atomic E-state index is 0.0565. The molecule has 2 heterocycles. The van der Waals surface area contributed by atoms with Crippen molar-refractivity contribution in [1.29, 1.82) is 0 Å². The summed E-state index contributed by atoms with van der Waals surface area (Å²) < 4.78 is 0. The molecular formula is C17H18N4O. The van der Waals surface area contributed by atoms with Gasteiger partial charge in [-0.1, -0.05) is 39.0 Å². The van der Waals surface area contributed by atoms with Crippen LogP contribution in [0.5, 0.6) is 0 Å². The number of benzene rings is 1. The fraction of sp³-hybridized carbons (Fsp3) is 0.235. The van der Waals surface area contributed by atoms with Crippen LogP contribution in [0.15, 0.2) is 42.7 Å². The van der Waals surface area contributed by atoms with Crippen LogP contribution in [0.2, 0.25) is 0 Å². The molecule has 0 atom stereocenters. The average Bonchev–Trinajstić information content (AvgIpc) is 2.90. The Morgan fingerprint density at radius 1 is 1.18 bits per heavy atom. The van der Waals surface area contributed by atoms with Gasteiger partial charge in [0.05, 0.1) is 10.9 Å². The maximum absolute atomic E-state index is 12.5. The summed E-state index contributed by atoms with van der Waals surface area (Å²) in [6, 6.07) is 9.62. The lowest BCUT2D eigenvalue weighted by Gasteiger charge is -2.22. The third-order valence-electron chi connectivity index (χ3n) is 3.56. The molecule has 1 amide bonds. The zero-order chi connectivity index (χ0) is 15.7. The van der Waals surface area contributed by atoms with Crippen LogP contribution in [0.3, 0.4) is 0 Å². The van der Waals surface area contributed by atoms with Crippen molar-refractivity contribution in [3.63, 3.8) is 0 Å². The molecule has 0 saturated carbocycles. The first-order chi connectivity index (χ1) is 10.5. The van der Waals surface area contributed by atoms with Crippen LogP contribution < -0.4 is 5.32 Å². The van der Waals surface area contributed by atoms with Gasteiger partial charge < -0.3 is 5.32 Å². The van der Waals surface area contributed by atoms with Gasteiger partial charge in [0.25, 0.3) is 5.91 Å². The van der Waals surface area contributed by atoms with Crippen molar-refractivity contribution in [2.75, 3.05) is 5.32 Å². The van der Waals surface area contributed by atoms with Gasteiger partial charge in [0.1, 0.15) is 0 Å². The van der Waals surface area contributed by atoms with Crippen molar-refractivity contribution in [3.05, 3.63) is 54.0 Å². The number of amides is 1. The molecule has 2 aromatic heterocycles. The van der Waals surface area contributed by atoms with E-state index < -0.39 is 0 Å². The third-order valence-corrected chi connectivity index (χ3v) is 3.56. The monoisotopic (exact) mass is 294 g/mol. The Bertz CT molecular complexity index is 830. The molecule has 22 heavy (non-hydrogen) atoms. The van der Waals surface area contributed by atoms with E-state index in [1.165, 1.54) is 0 Å². The smallest absolute Gasteiger partial charge is 0.276 e. The summed E-state index contributed by atoms with van der Waals surface area (Å²) in [6.45, 7) is 6.35. The molecule has 0 radical (unpaired) electrons. The Morgan fingerprint density at radius 3 is 2.73 bits per heavy atom. The fourth-order valence-electron chi connectivity index (χ4n) is 2.46. The summed E-state index contributed by atoms with van der Waals surface area (Å²) in [4.78, 5) is 16.6. The number of para-hydroxylation sites is 1. The number of hydrogen-bond donors (Lipinski definition) is 2. The predicted octanol–water partition coefficient (Wildman–Crippen LogP) is 3.51. The normalized spacial score (nSPS) is 11.6. The van der Waals surface area contributed by atoms with Gasteiger partial charge in [0.2, 0.25) is 0 Å². The number of aromatic nitrogens is 3. The second kappa shape index (κ2) is 5.26. The molecule has 0 unspecified atom stereocenters. The van der Waals surface area contributed by atoms with Crippen LogP contribution in [0.4, 0.5) is 5.69 Å². The molecule has 5 nitrogen and oxygen atoms in total. The Balaban J connectivity index is 1.96. The highest BCUT2D eigenvalue weighted by atomic mass is 16.1. The maximum Gasteiger partial charge on any atom is 0.276 e. The van der Waals surface area contributed by atoms with Gasteiger partial charge in [-0.2, -0.15) is 5.10 Å². The van der Waals surface area contributed by atoms with Crippen LogP contribution in [0, 0.1) is 0 Å². The maximum atomic E-state index is 12.5. The lowest BCUT2D eigenvalue weighted by atomic mass is 9.86. The molecule has 0 bridgehead atoms. The van der Waals surface area contributed by atoms with E-state index in [-0.39, 0.29) is 11.3 Å². The summed E-state index contributed by atoms with van der Waals surface area (Å²) in [5.41, 5.74) is 2.98. The third kappa shape index (κ3) is 2.57. The Kier molecular flexibility index (Phi) is 3.41. The average molecular weight is 294 g/mol. The summed E-state index contributed by atoms with van der Waals surface area (Å²) in [6.07, 6.45) is 3.31. The van der Waals surface area contributed by atoms with Gasteiger partial charge >= 0.3 is 0 Å². The molecule has 112 valence electrons. The van der Waals surface area contributed by atoms with E-state index in [9.17, 15) is 4.79 Å². The quantitative estimate of drug-likeness (QED) is 0.760. The SMILES string of the molecule is CC(C)(C)c1ccccc1NC(=O)c1n[nH]c2ccncc12. The molecule has 0 spiro atoms. The van der Waals surface area contributed by atoms with Gasteiger partial charge in [-0.3, -0.25) is 14.9 Å². The van der Waals surface area contributed by atoms with E-state index >= 15 is 0 Å². The number of nitrogens with zero attached hydrogens (tertiary/aromatic N) is 2. The second-order valence-corrected chi connectivity index (χ2v) is 6.24. The Morgan fingerprint density at radius 2 is 1.95 bits per heavy atom. The van der Waals surface area contributed by atoms with Gasteiger partial charge in [0, 0.05) is 18.1 Å². The minimum Gasteiger partial charge on any atom is -0.320 e. The van der Waals surface area contributed by atoms with Gasteiger partial charge in [-0.05, 0) is 23.1 Å². The number of aromatic amines is 1. The van der Waals surface area contributed by atoms with E-state index in [1.807, 2.05) is 24.3 Å². The molecule has 5 heteroatoms. The van der Waals surface area contributed by atoms with E-state index in [0.29, 0.717) is 11.1 Å². The highest BCUT2D eigenvalue weighted by Gasteiger charge is 2.20.